The highest BCUT2D eigenvalue weighted by atomic mass is 32.2. The topological polar surface area (TPSA) is 35.6 Å². The Labute approximate surface area is 158 Å². The Balaban J connectivity index is 1.42. The smallest absolute Gasteiger partial charge is 0.238 e. The van der Waals surface area contributed by atoms with Crippen LogP contribution < -0.4 is 5.32 Å². The molecule has 26 heavy (non-hydrogen) atoms. The Bertz CT molecular complexity index is 730. The Morgan fingerprint density at radius 2 is 1.77 bits per heavy atom. The van der Waals surface area contributed by atoms with Crippen LogP contribution in [0.5, 0.6) is 0 Å². The molecule has 0 atom stereocenters. The van der Waals surface area contributed by atoms with E-state index in [9.17, 15) is 9.18 Å². The molecule has 1 heterocycles. The van der Waals surface area contributed by atoms with E-state index in [1.807, 2.05) is 0 Å². The molecule has 0 aromatic heterocycles. The van der Waals surface area contributed by atoms with Gasteiger partial charge in [-0.05, 0) is 42.2 Å². The van der Waals surface area contributed by atoms with Gasteiger partial charge in [0, 0.05) is 43.3 Å². The summed E-state index contributed by atoms with van der Waals surface area (Å²) in [5.41, 5.74) is 1.82. The number of nitrogens with one attached hydrogen (secondary N) is 1. The molecule has 0 spiro atoms. The van der Waals surface area contributed by atoms with E-state index in [4.69, 9.17) is 0 Å². The summed E-state index contributed by atoms with van der Waals surface area (Å²) in [5.74, 6) is -0.446. The van der Waals surface area contributed by atoms with Crippen LogP contribution in [-0.2, 0) is 11.3 Å². The van der Waals surface area contributed by atoms with Gasteiger partial charge < -0.3 is 5.32 Å². The number of halogens is 1. The zero-order chi connectivity index (χ0) is 18.4. The van der Waals surface area contributed by atoms with Gasteiger partial charge in [0.25, 0.3) is 0 Å². The molecular weight excluding hydrogens is 349 g/mol. The van der Waals surface area contributed by atoms with Crippen LogP contribution in [0.25, 0.3) is 0 Å². The molecule has 0 aliphatic carbocycles. The lowest BCUT2D eigenvalue weighted by Gasteiger charge is -2.34. The number of piperazine rings is 1. The van der Waals surface area contributed by atoms with Crippen LogP contribution in [0.4, 0.5) is 10.1 Å². The van der Waals surface area contributed by atoms with Crippen molar-refractivity contribution in [2.45, 2.75) is 11.4 Å². The first-order valence-electron chi connectivity index (χ1n) is 8.75. The van der Waals surface area contributed by atoms with Crippen molar-refractivity contribution in [1.29, 1.82) is 0 Å². The summed E-state index contributed by atoms with van der Waals surface area (Å²) in [6.45, 7) is 4.89. The molecule has 3 rings (SSSR count). The fraction of sp³-hybridized carbons (Fsp3) is 0.350. The molecule has 0 bridgehead atoms. The molecule has 1 amide bonds. The molecule has 2 aromatic carbocycles. The molecule has 1 aliphatic rings. The third kappa shape index (κ3) is 5.56. The van der Waals surface area contributed by atoms with Gasteiger partial charge in [-0.25, -0.2) is 4.39 Å². The van der Waals surface area contributed by atoms with Crippen molar-refractivity contribution in [3.8, 4) is 0 Å². The maximum atomic E-state index is 13.2. The number of hydrogen-bond acceptors (Lipinski definition) is 4. The summed E-state index contributed by atoms with van der Waals surface area (Å²) in [4.78, 5) is 18.0. The van der Waals surface area contributed by atoms with Gasteiger partial charge >= 0.3 is 0 Å². The highest BCUT2D eigenvalue weighted by Gasteiger charge is 2.19. The third-order valence-corrected chi connectivity index (χ3v) is 5.25. The van der Waals surface area contributed by atoms with E-state index in [2.05, 4.69) is 45.6 Å². The van der Waals surface area contributed by atoms with E-state index in [0.717, 1.165) is 32.7 Å². The van der Waals surface area contributed by atoms with Crippen LogP contribution in [0.15, 0.2) is 53.4 Å². The van der Waals surface area contributed by atoms with E-state index in [1.54, 1.807) is 23.9 Å². The van der Waals surface area contributed by atoms with Gasteiger partial charge in [-0.15, -0.1) is 11.8 Å². The van der Waals surface area contributed by atoms with Crippen molar-refractivity contribution in [2.75, 3.05) is 44.3 Å². The standard InChI is InChI=1S/C20H24FN3OS/c1-26-19-7-5-16(6-8-19)14-23-9-11-24(12-10-23)15-20(25)22-18-4-2-3-17(21)13-18/h2-8,13H,9-12,14-15H2,1H3,(H,22,25). The summed E-state index contributed by atoms with van der Waals surface area (Å²) >= 11 is 1.75. The predicted octanol–water partition coefficient (Wildman–Crippen LogP) is 3.30. The normalized spacial score (nSPS) is 15.8. The molecule has 6 heteroatoms. The average molecular weight is 373 g/mol. The van der Waals surface area contributed by atoms with Crippen LogP contribution in [-0.4, -0.2) is 54.7 Å². The quantitative estimate of drug-likeness (QED) is 0.788. The largest absolute Gasteiger partial charge is 0.325 e. The Morgan fingerprint density at radius 3 is 2.42 bits per heavy atom. The summed E-state index contributed by atoms with van der Waals surface area (Å²) in [5, 5.41) is 2.76. The molecule has 0 unspecified atom stereocenters. The van der Waals surface area contributed by atoms with Crippen molar-refractivity contribution in [3.05, 3.63) is 59.9 Å². The summed E-state index contributed by atoms with van der Waals surface area (Å²) < 4.78 is 13.2. The summed E-state index contributed by atoms with van der Waals surface area (Å²) in [7, 11) is 0. The highest BCUT2D eigenvalue weighted by molar-refractivity contribution is 7.98. The zero-order valence-electron chi connectivity index (χ0n) is 15.0. The monoisotopic (exact) mass is 373 g/mol. The number of rotatable bonds is 6. The molecule has 1 N–H and O–H groups in total. The first kappa shape index (κ1) is 18.9. The molecular formula is C20H24FN3OS. The minimum atomic E-state index is -0.345. The molecule has 0 saturated carbocycles. The van der Waals surface area contributed by atoms with Gasteiger partial charge in [-0.3, -0.25) is 14.6 Å². The van der Waals surface area contributed by atoms with Crippen molar-refractivity contribution in [1.82, 2.24) is 9.80 Å². The van der Waals surface area contributed by atoms with Crippen LogP contribution in [0.1, 0.15) is 5.56 Å². The molecule has 1 aliphatic heterocycles. The SMILES string of the molecule is CSc1ccc(CN2CCN(CC(=O)Nc3cccc(F)c3)CC2)cc1. The van der Waals surface area contributed by atoms with Gasteiger partial charge in [0.1, 0.15) is 5.82 Å². The van der Waals surface area contributed by atoms with E-state index in [1.165, 1.54) is 22.6 Å². The Kier molecular flexibility index (Phi) is 6.66. The minimum Gasteiger partial charge on any atom is -0.325 e. The zero-order valence-corrected chi connectivity index (χ0v) is 15.8. The van der Waals surface area contributed by atoms with Crippen molar-refractivity contribution in [2.24, 2.45) is 0 Å². The number of thioether (sulfide) groups is 1. The Morgan fingerprint density at radius 1 is 1.08 bits per heavy atom. The van der Waals surface area contributed by atoms with Crippen LogP contribution >= 0.6 is 11.8 Å². The lowest BCUT2D eigenvalue weighted by Crippen LogP contribution is -2.48. The molecule has 2 aromatic rings. The maximum absolute atomic E-state index is 13.2. The number of amides is 1. The summed E-state index contributed by atoms with van der Waals surface area (Å²) in [6.07, 6.45) is 2.08. The Hall–Kier alpha value is -1.89. The fourth-order valence-corrected chi connectivity index (χ4v) is 3.47. The lowest BCUT2D eigenvalue weighted by atomic mass is 10.2. The molecule has 4 nitrogen and oxygen atoms in total. The van der Waals surface area contributed by atoms with Crippen LogP contribution in [0.2, 0.25) is 0 Å². The third-order valence-electron chi connectivity index (χ3n) is 4.51. The second kappa shape index (κ2) is 9.16. The minimum absolute atomic E-state index is 0.100. The van der Waals surface area contributed by atoms with Crippen molar-refractivity contribution >= 4 is 23.4 Å². The van der Waals surface area contributed by atoms with E-state index in [-0.39, 0.29) is 11.7 Å². The number of hydrogen-bond donors (Lipinski definition) is 1. The average Bonchev–Trinajstić information content (AvgIpc) is 2.64. The van der Waals surface area contributed by atoms with Crippen molar-refractivity contribution < 1.29 is 9.18 Å². The molecule has 1 saturated heterocycles. The van der Waals surface area contributed by atoms with Gasteiger partial charge in [0.2, 0.25) is 5.91 Å². The predicted molar refractivity (Wildman–Crippen MR) is 105 cm³/mol. The number of nitrogens with zero attached hydrogens (tertiary/aromatic N) is 2. The first-order chi connectivity index (χ1) is 12.6. The first-order valence-corrected chi connectivity index (χ1v) is 9.98. The van der Waals surface area contributed by atoms with E-state index >= 15 is 0 Å². The van der Waals surface area contributed by atoms with Gasteiger partial charge in [-0.1, -0.05) is 18.2 Å². The van der Waals surface area contributed by atoms with E-state index in [0.29, 0.717) is 12.2 Å². The van der Waals surface area contributed by atoms with Crippen molar-refractivity contribution in [3.63, 3.8) is 0 Å². The van der Waals surface area contributed by atoms with Gasteiger partial charge in [0.05, 0.1) is 6.54 Å². The van der Waals surface area contributed by atoms with Crippen LogP contribution in [0.3, 0.4) is 0 Å². The number of benzene rings is 2. The van der Waals surface area contributed by atoms with Gasteiger partial charge in [-0.2, -0.15) is 0 Å². The number of anilines is 1. The lowest BCUT2D eigenvalue weighted by molar-refractivity contribution is -0.117. The molecule has 138 valence electrons. The molecule has 1 fully saturated rings. The van der Waals surface area contributed by atoms with E-state index < -0.39 is 0 Å². The second-order valence-corrected chi connectivity index (χ2v) is 7.34. The van der Waals surface area contributed by atoms with Crippen LogP contribution in [0, 0.1) is 5.82 Å². The summed E-state index contributed by atoms with van der Waals surface area (Å²) in [6, 6.07) is 14.7. The number of carbonyl (C=O) groups is 1. The van der Waals surface area contributed by atoms with Gasteiger partial charge in [0.15, 0.2) is 0 Å². The molecule has 0 radical (unpaired) electrons. The maximum Gasteiger partial charge on any atom is 0.238 e. The second-order valence-electron chi connectivity index (χ2n) is 6.46. The number of carbonyl (C=O) groups excluding carboxylic acids is 1. The highest BCUT2D eigenvalue weighted by Crippen LogP contribution is 2.16. The fourth-order valence-electron chi connectivity index (χ4n) is 3.06.